The number of aliphatic hydroxyl groups is 1. The van der Waals surface area contributed by atoms with E-state index in [0.717, 1.165) is 45.8 Å². The van der Waals surface area contributed by atoms with Crippen LogP contribution in [-0.2, 0) is 19.6 Å². The van der Waals surface area contributed by atoms with Crippen molar-refractivity contribution in [1.82, 2.24) is 9.55 Å². The van der Waals surface area contributed by atoms with Crippen LogP contribution in [-0.4, -0.2) is 21.8 Å². The Labute approximate surface area is 231 Å². The molecule has 5 rings (SSSR count). The molecule has 7 heteroatoms. The molecule has 39 heavy (non-hydrogen) atoms. The number of nitrogens with zero attached hydrogens (tertiary/aromatic N) is 2. The summed E-state index contributed by atoms with van der Waals surface area (Å²) >= 11 is 1.32. The van der Waals surface area contributed by atoms with Crippen molar-refractivity contribution in [1.29, 1.82) is 0 Å². The number of rotatable bonds is 8. The van der Waals surface area contributed by atoms with E-state index in [1.165, 1.54) is 11.3 Å². The van der Waals surface area contributed by atoms with Crippen LogP contribution in [0.2, 0.25) is 0 Å². The Hall–Kier alpha value is -4.10. The molecule has 0 spiro atoms. The van der Waals surface area contributed by atoms with Crippen LogP contribution in [0.3, 0.4) is 0 Å². The Morgan fingerprint density at radius 3 is 2.85 bits per heavy atom. The van der Waals surface area contributed by atoms with Crippen molar-refractivity contribution in [2.75, 3.05) is 7.11 Å². The number of fused-ring (bicyclic) bond motifs is 2. The Balaban J connectivity index is 1.39. The van der Waals surface area contributed by atoms with Crippen LogP contribution in [0, 0.1) is 6.92 Å². The van der Waals surface area contributed by atoms with Gasteiger partial charge in [-0.3, -0.25) is 9.36 Å². The average Bonchev–Trinajstić information content (AvgIpc) is 3.48. The number of hydrogen-bond acceptors (Lipinski definition) is 6. The second kappa shape index (κ2) is 10.9. The van der Waals surface area contributed by atoms with Crippen LogP contribution in [0.25, 0.3) is 28.6 Å². The molecule has 0 saturated carbocycles. The molecule has 200 valence electrons. The molecule has 1 N–H and O–H groups in total. The van der Waals surface area contributed by atoms with E-state index in [2.05, 4.69) is 13.2 Å². The zero-order chi connectivity index (χ0) is 27.7. The third kappa shape index (κ3) is 5.02. The Kier molecular flexibility index (Phi) is 7.44. The van der Waals surface area contributed by atoms with E-state index in [9.17, 15) is 9.90 Å². The SMILES string of the molecule is C=C(O)c1sc2nc3n(c(=O)c2c1C)CCC3Cc1ccc(OCc2cccc(=C)/c2=C\C=C/C)c(OC)c1. The highest BCUT2D eigenvalue weighted by Gasteiger charge is 2.29. The summed E-state index contributed by atoms with van der Waals surface area (Å²) in [5.74, 6) is 2.20. The smallest absolute Gasteiger partial charge is 0.262 e. The van der Waals surface area contributed by atoms with Crippen molar-refractivity contribution in [2.45, 2.75) is 45.8 Å². The van der Waals surface area contributed by atoms with Gasteiger partial charge in [0.25, 0.3) is 5.56 Å². The third-order valence-corrected chi connectivity index (χ3v) is 8.48. The molecule has 0 saturated heterocycles. The molecule has 1 unspecified atom stereocenters. The summed E-state index contributed by atoms with van der Waals surface area (Å²) in [7, 11) is 1.64. The minimum Gasteiger partial charge on any atom is -0.507 e. The van der Waals surface area contributed by atoms with Gasteiger partial charge in [-0.15, -0.1) is 11.3 Å². The lowest BCUT2D eigenvalue weighted by Gasteiger charge is -2.15. The fraction of sp³-hybridized carbons (Fsp3) is 0.250. The number of benzene rings is 2. The number of methoxy groups -OCH3 is 1. The highest BCUT2D eigenvalue weighted by Crippen LogP contribution is 2.36. The van der Waals surface area contributed by atoms with E-state index < -0.39 is 0 Å². The van der Waals surface area contributed by atoms with Crippen LogP contribution in [0.4, 0.5) is 0 Å². The first-order valence-electron chi connectivity index (χ1n) is 12.9. The van der Waals surface area contributed by atoms with Gasteiger partial charge in [0.15, 0.2) is 11.5 Å². The fourth-order valence-electron chi connectivity index (χ4n) is 5.24. The van der Waals surface area contributed by atoms with Crippen LogP contribution in [0.5, 0.6) is 11.5 Å². The van der Waals surface area contributed by atoms with Gasteiger partial charge in [0.1, 0.15) is 23.0 Å². The molecule has 1 atom stereocenters. The lowest BCUT2D eigenvalue weighted by atomic mass is 9.97. The topological polar surface area (TPSA) is 73.6 Å². The number of thiophene rings is 1. The van der Waals surface area contributed by atoms with E-state index in [1.54, 1.807) is 11.7 Å². The molecule has 1 aliphatic heterocycles. The van der Waals surface area contributed by atoms with E-state index in [1.807, 2.05) is 68.5 Å². The number of allylic oxidation sites excluding steroid dienone is 2. The zero-order valence-corrected chi connectivity index (χ0v) is 23.3. The predicted octanol–water partition coefficient (Wildman–Crippen LogP) is 5.38. The first kappa shape index (κ1) is 26.5. The molecule has 0 aliphatic carbocycles. The molecule has 0 fully saturated rings. The minimum atomic E-state index is -0.0440. The lowest BCUT2D eigenvalue weighted by Crippen LogP contribution is -2.27. The third-order valence-electron chi connectivity index (χ3n) is 7.24. The summed E-state index contributed by atoms with van der Waals surface area (Å²) in [4.78, 5) is 19.4. The second-order valence-corrected chi connectivity index (χ2v) is 10.8. The monoisotopic (exact) mass is 540 g/mol. The van der Waals surface area contributed by atoms with Crippen molar-refractivity contribution in [3.05, 3.63) is 103 Å². The van der Waals surface area contributed by atoms with Crippen LogP contribution < -0.4 is 25.5 Å². The molecular weight excluding hydrogens is 508 g/mol. The maximum absolute atomic E-state index is 13.3. The number of hydrogen-bond donors (Lipinski definition) is 1. The standard InChI is InChI=1S/C32H32N2O4S/c1-6-7-11-25-19(2)9-8-10-24(25)18-38-26-13-12-22(17-27(26)37-5)16-23-14-15-34-30(23)33-31-28(32(34)36)20(3)29(39-31)21(4)35/h6-13,17,23,35H,2,4,14-16,18H2,1,3,5H3/b7-6-,25-11+. The number of aromatic nitrogens is 2. The summed E-state index contributed by atoms with van der Waals surface area (Å²) in [6.07, 6.45) is 7.60. The minimum absolute atomic E-state index is 0.0303. The van der Waals surface area contributed by atoms with Crippen molar-refractivity contribution < 1.29 is 14.6 Å². The number of aliphatic hydroxyl groups excluding tert-OH is 1. The van der Waals surface area contributed by atoms with Gasteiger partial charge in [0.2, 0.25) is 0 Å². The molecule has 0 bridgehead atoms. The summed E-state index contributed by atoms with van der Waals surface area (Å²) in [6.45, 7) is 12.6. The van der Waals surface area contributed by atoms with Gasteiger partial charge >= 0.3 is 0 Å². The molecular formula is C32H32N2O4S. The maximum Gasteiger partial charge on any atom is 0.262 e. The maximum atomic E-state index is 13.3. The molecule has 3 heterocycles. The molecule has 1 aliphatic rings. The number of aryl methyl sites for hydroxylation is 1. The first-order chi connectivity index (χ1) is 18.8. The van der Waals surface area contributed by atoms with E-state index >= 15 is 0 Å². The van der Waals surface area contributed by atoms with Crippen molar-refractivity contribution in [2.24, 2.45) is 0 Å². The summed E-state index contributed by atoms with van der Waals surface area (Å²) in [5, 5.41) is 12.5. The molecule has 4 aromatic rings. The largest absolute Gasteiger partial charge is 0.507 e. The van der Waals surface area contributed by atoms with Gasteiger partial charge < -0.3 is 14.6 Å². The van der Waals surface area contributed by atoms with Gasteiger partial charge in [-0.05, 0) is 65.9 Å². The highest BCUT2D eigenvalue weighted by atomic mass is 32.1. The Morgan fingerprint density at radius 2 is 2.10 bits per heavy atom. The van der Waals surface area contributed by atoms with Crippen molar-refractivity contribution in [3.63, 3.8) is 0 Å². The van der Waals surface area contributed by atoms with E-state index in [-0.39, 0.29) is 17.2 Å². The first-order valence-corrected chi connectivity index (χ1v) is 13.8. The zero-order valence-electron chi connectivity index (χ0n) is 22.5. The van der Waals surface area contributed by atoms with Gasteiger partial charge in [0, 0.05) is 12.5 Å². The average molecular weight is 541 g/mol. The van der Waals surface area contributed by atoms with Crippen LogP contribution in [0.15, 0.2) is 59.9 Å². The molecule has 0 radical (unpaired) electrons. The van der Waals surface area contributed by atoms with Gasteiger partial charge in [-0.1, -0.05) is 55.7 Å². The highest BCUT2D eigenvalue weighted by molar-refractivity contribution is 7.19. The Bertz CT molecular complexity index is 1780. The van der Waals surface area contributed by atoms with Crippen molar-refractivity contribution >= 4 is 40.0 Å². The van der Waals surface area contributed by atoms with Gasteiger partial charge in [-0.25, -0.2) is 4.98 Å². The lowest BCUT2D eigenvalue weighted by molar-refractivity contribution is 0.283. The van der Waals surface area contributed by atoms with Crippen LogP contribution in [0.1, 0.15) is 46.7 Å². The summed E-state index contributed by atoms with van der Waals surface area (Å²) < 4.78 is 13.7. The molecule has 2 aromatic carbocycles. The van der Waals surface area contributed by atoms with Crippen LogP contribution >= 0.6 is 11.3 Å². The van der Waals surface area contributed by atoms with E-state index in [4.69, 9.17) is 14.5 Å². The van der Waals surface area contributed by atoms with E-state index in [0.29, 0.717) is 39.7 Å². The molecule has 6 nitrogen and oxygen atoms in total. The second-order valence-electron chi connectivity index (χ2n) is 9.76. The normalized spacial score (nSPS) is 15.3. The van der Waals surface area contributed by atoms with Gasteiger partial charge in [0.05, 0.1) is 17.4 Å². The fourth-order valence-corrected chi connectivity index (χ4v) is 6.29. The molecule has 0 amide bonds. The van der Waals surface area contributed by atoms with Crippen molar-refractivity contribution in [3.8, 4) is 11.5 Å². The van der Waals surface area contributed by atoms with Gasteiger partial charge in [-0.2, -0.15) is 0 Å². The Morgan fingerprint density at radius 1 is 1.28 bits per heavy atom. The summed E-state index contributed by atoms with van der Waals surface area (Å²) in [5.41, 5.74) is 2.83. The number of ether oxygens (including phenoxy) is 2. The summed E-state index contributed by atoms with van der Waals surface area (Å²) in [6, 6.07) is 12.0. The molecule has 2 aromatic heterocycles. The quantitative estimate of drug-likeness (QED) is 0.304. The predicted molar refractivity (Wildman–Crippen MR) is 159 cm³/mol.